The Hall–Kier alpha value is -1.92. The number of Topliss-reactive ketones (excluding diaryl/α,β-unsaturated/α-hetero) is 1. The van der Waals surface area contributed by atoms with Gasteiger partial charge in [0.25, 0.3) is 0 Å². The van der Waals surface area contributed by atoms with E-state index in [9.17, 15) is 19.2 Å². The van der Waals surface area contributed by atoms with Crippen LogP contribution in [0.3, 0.4) is 0 Å². The Kier molecular flexibility index (Phi) is 15.7. The molecule has 0 spiro atoms. The van der Waals surface area contributed by atoms with Gasteiger partial charge in [0, 0.05) is 0 Å². The molecule has 0 aromatic carbocycles. The Balaban J connectivity index is 5.36. The van der Waals surface area contributed by atoms with Crippen molar-refractivity contribution in [2.45, 2.75) is 98.8 Å². The molecule has 0 saturated heterocycles. The topological polar surface area (TPSA) is 96.0 Å². The summed E-state index contributed by atoms with van der Waals surface area (Å²) in [6.07, 6.45) is 5.81. The van der Waals surface area contributed by atoms with Gasteiger partial charge in [0.2, 0.25) is 0 Å². The highest BCUT2D eigenvalue weighted by molar-refractivity contribution is 6.07. The molecule has 0 N–H and O–H groups in total. The van der Waals surface area contributed by atoms with Crippen LogP contribution >= 0.6 is 0 Å². The molecule has 2 unspecified atom stereocenters. The van der Waals surface area contributed by atoms with E-state index in [1.165, 1.54) is 6.92 Å². The van der Waals surface area contributed by atoms with Crippen molar-refractivity contribution < 1.29 is 33.4 Å². The van der Waals surface area contributed by atoms with Gasteiger partial charge in [-0.05, 0) is 32.1 Å². The summed E-state index contributed by atoms with van der Waals surface area (Å²) in [4.78, 5) is 50.4. The zero-order valence-corrected chi connectivity index (χ0v) is 20.1. The first-order valence-corrected chi connectivity index (χ1v) is 11.8. The summed E-state index contributed by atoms with van der Waals surface area (Å²) in [6.45, 7) is 9.79. The molecule has 0 saturated carbocycles. The molecule has 7 nitrogen and oxygen atoms in total. The number of ketones is 1. The zero-order valence-electron chi connectivity index (χ0n) is 20.1. The summed E-state index contributed by atoms with van der Waals surface area (Å²) in [5.41, 5.74) is -1.92. The highest BCUT2D eigenvalue weighted by Gasteiger charge is 2.49. The fraction of sp³-hybridized carbons (Fsp3) is 0.833. The van der Waals surface area contributed by atoms with E-state index in [2.05, 4.69) is 6.92 Å². The molecule has 0 heterocycles. The maximum atomic E-state index is 12.9. The quantitative estimate of drug-likeness (QED) is 0.130. The first-order chi connectivity index (χ1) is 14.8. The summed E-state index contributed by atoms with van der Waals surface area (Å²) in [7, 11) is 0. The van der Waals surface area contributed by atoms with Crippen LogP contribution in [0.1, 0.15) is 98.8 Å². The molecule has 7 heteroatoms. The average Bonchev–Trinajstić information content (AvgIpc) is 2.73. The molecule has 0 fully saturated rings. The van der Waals surface area contributed by atoms with Crippen LogP contribution in [-0.4, -0.2) is 43.5 Å². The number of unbranched alkanes of at least 4 members (excludes halogenated alkanes) is 3. The minimum absolute atomic E-state index is 0.124. The molecule has 0 bridgehead atoms. The van der Waals surface area contributed by atoms with Gasteiger partial charge in [-0.1, -0.05) is 59.8 Å². The van der Waals surface area contributed by atoms with Crippen molar-refractivity contribution in [3.8, 4) is 0 Å². The zero-order chi connectivity index (χ0) is 23.7. The van der Waals surface area contributed by atoms with E-state index < -0.39 is 41.9 Å². The molecule has 0 aromatic heterocycles. The highest BCUT2D eigenvalue weighted by Crippen LogP contribution is 2.32. The summed E-state index contributed by atoms with van der Waals surface area (Å²) in [6, 6.07) is 0. The third-order valence-corrected chi connectivity index (χ3v) is 5.47. The molecular weight excluding hydrogens is 400 g/mol. The number of hydrogen-bond donors (Lipinski definition) is 0. The normalized spacial score (nSPS) is 13.7. The molecule has 0 aromatic rings. The Labute approximate surface area is 187 Å². The molecule has 0 amide bonds. The van der Waals surface area contributed by atoms with Crippen molar-refractivity contribution >= 4 is 23.7 Å². The van der Waals surface area contributed by atoms with Gasteiger partial charge < -0.3 is 14.2 Å². The predicted molar refractivity (Wildman–Crippen MR) is 118 cm³/mol. The predicted octanol–water partition coefficient (Wildman–Crippen LogP) is 4.79. The third kappa shape index (κ3) is 11.3. The largest absolute Gasteiger partial charge is 0.466 e. The summed E-state index contributed by atoms with van der Waals surface area (Å²) in [5.74, 6) is -2.62. The molecular formula is C24H42O7. The van der Waals surface area contributed by atoms with E-state index >= 15 is 0 Å². The van der Waals surface area contributed by atoms with Gasteiger partial charge in [0.1, 0.15) is 11.2 Å². The van der Waals surface area contributed by atoms with E-state index in [0.717, 1.165) is 38.5 Å². The van der Waals surface area contributed by atoms with Gasteiger partial charge in [-0.3, -0.25) is 19.2 Å². The molecule has 2 atom stereocenters. The number of hydrogen-bond acceptors (Lipinski definition) is 7. The Morgan fingerprint density at radius 1 is 0.742 bits per heavy atom. The fourth-order valence-corrected chi connectivity index (χ4v) is 3.08. The standard InChI is InChI=1S/C24H42O7/c1-6-10-13-20(9-4)18-31-22(27)17-24(19(5)25,23(28)30-15-12-8-3)16-21(26)29-14-11-7-2/h20H,6-18H2,1-5H3. The number of rotatable bonds is 18. The first-order valence-electron chi connectivity index (χ1n) is 11.8. The van der Waals surface area contributed by atoms with Gasteiger partial charge in [0.05, 0.1) is 32.7 Å². The summed E-state index contributed by atoms with van der Waals surface area (Å²) < 4.78 is 15.8. The van der Waals surface area contributed by atoms with Crippen LogP contribution in [0.15, 0.2) is 0 Å². The molecule has 180 valence electrons. The number of carbonyl (C=O) groups is 4. The van der Waals surface area contributed by atoms with Crippen molar-refractivity contribution in [3.05, 3.63) is 0 Å². The van der Waals surface area contributed by atoms with Crippen LogP contribution in [0, 0.1) is 11.3 Å². The smallest absolute Gasteiger partial charge is 0.320 e. The van der Waals surface area contributed by atoms with E-state index in [-0.39, 0.29) is 25.7 Å². The van der Waals surface area contributed by atoms with Gasteiger partial charge in [-0.2, -0.15) is 0 Å². The summed E-state index contributed by atoms with van der Waals surface area (Å²) >= 11 is 0. The van der Waals surface area contributed by atoms with Crippen molar-refractivity contribution in [1.29, 1.82) is 0 Å². The van der Waals surface area contributed by atoms with Gasteiger partial charge in [-0.15, -0.1) is 0 Å². The minimum Gasteiger partial charge on any atom is -0.466 e. The maximum absolute atomic E-state index is 12.9. The Morgan fingerprint density at radius 3 is 1.74 bits per heavy atom. The van der Waals surface area contributed by atoms with Crippen LogP contribution in [-0.2, 0) is 33.4 Å². The van der Waals surface area contributed by atoms with E-state index in [0.29, 0.717) is 12.8 Å². The van der Waals surface area contributed by atoms with Gasteiger partial charge in [-0.25, -0.2) is 0 Å². The molecule has 31 heavy (non-hydrogen) atoms. The van der Waals surface area contributed by atoms with Crippen LogP contribution < -0.4 is 0 Å². The molecule has 0 aliphatic rings. The lowest BCUT2D eigenvalue weighted by Crippen LogP contribution is -2.44. The Bertz CT molecular complexity index is 558. The van der Waals surface area contributed by atoms with Crippen LogP contribution in [0.4, 0.5) is 0 Å². The molecule has 0 aliphatic heterocycles. The lowest BCUT2D eigenvalue weighted by atomic mass is 9.77. The summed E-state index contributed by atoms with van der Waals surface area (Å²) in [5, 5.41) is 0. The molecule has 0 radical (unpaired) electrons. The van der Waals surface area contributed by atoms with Crippen LogP contribution in [0.25, 0.3) is 0 Å². The van der Waals surface area contributed by atoms with Crippen LogP contribution in [0.5, 0.6) is 0 Å². The van der Waals surface area contributed by atoms with Crippen molar-refractivity contribution in [2.24, 2.45) is 11.3 Å². The van der Waals surface area contributed by atoms with Crippen molar-refractivity contribution in [2.75, 3.05) is 19.8 Å². The lowest BCUT2D eigenvalue weighted by molar-refractivity contribution is -0.171. The monoisotopic (exact) mass is 442 g/mol. The lowest BCUT2D eigenvalue weighted by Gasteiger charge is -2.27. The molecule has 0 aliphatic carbocycles. The molecule has 0 rings (SSSR count). The average molecular weight is 443 g/mol. The number of esters is 3. The SMILES string of the molecule is CCCCOC(=O)CC(CC(=O)OCC(CC)CCCC)(C(C)=O)C(=O)OCCCC. The first kappa shape index (κ1) is 29.1. The second-order valence-corrected chi connectivity index (χ2v) is 8.15. The highest BCUT2D eigenvalue weighted by atomic mass is 16.5. The second-order valence-electron chi connectivity index (χ2n) is 8.15. The minimum atomic E-state index is -1.92. The second kappa shape index (κ2) is 16.7. The van der Waals surface area contributed by atoms with Crippen molar-refractivity contribution in [3.63, 3.8) is 0 Å². The Morgan fingerprint density at radius 2 is 1.26 bits per heavy atom. The fourth-order valence-electron chi connectivity index (χ4n) is 3.08. The number of carbonyl (C=O) groups excluding carboxylic acids is 4. The van der Waals surface area contributed by atoms with Crippen molar-refractivity contribution in [1.82, 2.24) is 0 Å². The maximum Gasteiger partial charge on any atom is 0.320 e. The van der Waals surface area contributed by atoms with Gasteiger partial charge >= 0.3 is 17.9 Å². The number of ether oxygens (including phenoxy) is 3. The third-order valence-electron chi connectivity index (χ3n) is 5.47. The van der Waals surface area contributed by atoms with Gasteiger partial charge in [0.15, 0.2) is 0 Å². The van der Waals surface area contributed by atoms with E-state index in [1.54, 1.807) is 0 Å². The van der Waals surface area contributed by atoms with Crippen LogP contribution in [0.2, 0.25) is 0 Å². The van der Waals surface area contributed by atoms with E-state index in [1.807, 2.05) is 20.8 Å². The van der Waals surface area contributed by atoms with E-state index in [4.69, 9.17) is 14.2 Å².